The first-order valence-corrected chi connectivity index (χ1v) is 6.73. The Morgan fingerprint density at radius 2 is 1.59 bits per heavy atom. The average Bonchev–Trinajstić information content (AvgIpc) is 2.61. The molecule has 0 bridgehead atoms. The van der Waals surface area contributed by atoms with Crippen molar-refractivity contribution in [1.29, 1.82) is 0 Å². The van der Waals surface area contributed by atoms with Gasteiger partial charge < -0.3 is 5.32 Å². The van der Waals surface area contributed by atoms with Crippen LogP contribution in [0.15, 0.2) is 12.1 Å². The first-order valence-electron chi connectivity index (χ1n) is 6.73. The Morgan fingerprint density at radius 3 is 2.05 bits per heavy atom. The molecule has 7 heteroatoms. The number of hydrogen-bond donors (Lipinski definition) is 1. The number of anilines is 1. The highest BCUT2D eigenvalue weighted by molar-refractivity contribution is 6.44. The van der Waals surface area contributed by atoms with Crippen molar-refractivity contribution in [3.63, 3.8) is 0 Å². The fraction of sp³-hybridized carbons (Fsp3) is 0.333. The second kappa shape index (κ2) is 5.59. The number of urea groups is 1. The van der Waals surface area contributed by atoms with Gasteiger partial charge in [0.1, 0.15) is 6.54 Å². The van der Waals surface area contributed by atoms with Crippen LogP contribution in [0.4, 0.5) is 10.5 Å². The Labute approximate surface area is 127 Å². The second-order valence-corrected chi connectivity index (χ2v) is 5.36. The molecular formula is C15H17N3O4. The molecule has 7 nitrogen and oxygen atoms in total. The molecule has 0 spiro atoms. The van der Waals surface area contributed by atoms with Crippen molar-refractivity contribution in [2.45, 2.75) is 20.8 Å². The molecule has 1 aromatic rings. The van der Waals surface area contributed by atoms with Gasteiger partial charge in [0.15, 0.2) is 0 Å². The molecule has 0 aromatic heterocycles. The maximum atomic E-state index is 12.1. The highest BCUT2D eigenvalue weighted by Crippen LogP contribution is 2.22. The van der Waals surface area contributed by atoms with Crippen molar-refractivity contribution in [1.82, 2.24) is 9.80 Å². The molecule has 0 atom stereocenters. The monoisotopic (exact) mass is 303 g/mol. The minimum Gasteiger partial charge on any atom is -0.324 e. The number of carbonyl (C=O) groups is 4. The van der Waals surface area contributed by atoms with Crippen LogP contribution in [-0.4, -0.2) is 47.1 Å². The Hall–Kier alpha value is -2.70. The number of amides is 5. The van der Waals surface area contributed by atoms with E-state index in [0.29, 0.717) is 15.5 Å². The Kier molecular flexibility index (Phi) is 3.99. The number of aryl methyl sites for hydroxylation is 3. The average molecular weight is 303 g/mol. The van der Waals surface area contributed by atoms with Gasteiger partial charge in [-0.3, -0.25) is 19.3 Å². The van der Waals surface area contributed by atoms with Gasteiger partial charge in [-0.15, -0.1) is 0 Å². The summed E-state index contributed by atoms with van der Waals surface area (Å²) in [4.78, 5) is 48.1. The summed E-state index contributed by atoms with van der Waals surface area (Å²) in [6.45, 7) is 5.19. The van der Waals surface area contributed by atoms with Crippen LogP contribution in [0.2, 0.25) is 0 Å². The van der Waals surface area contributed by atoms with Crippen molar-refractivity contribution in [3.05, 3.63) is 28.8 Å². The van der Waals surface area contributed by atoms with Crippen LogP contribution in [0, 0.1) is 20.8 Å². The molecule has 1 saturated heterocycles. The predicted octanol–water partition coefficient (Wildman–Crippen LogP) is 0.971. The minimum absolute atomic E-state index is 0.486. The number of nitrogens with zero attached hydrogens (tertiary/aromatic N) is 2. The van der Waals surface area contributed by atoms with Crippen molar-refractivity contribution < 1.29 is 19.2 Å². The van der Waals surface area contributed by atoms with E-state index in [9.17, 15) is 19.2 Å². The summed E-state index contributed by atoms with van der Waals surface area (Å²) in [5.41, 5.74) is 3.50. The summed E-state index contributed by atoms with van der Waals surface area (Å²) < 4.78 is 0. The second-order valence-electron chi connectivity index (χ2n) is 5.36. The maximum absolute atomic E-state index is 12.1. The van der Waals surface area contributed by atoms with Crippen LogP contribution in [0.1, 0.15) is 16.7 Å². The van der Waals surface area contributed by atoms with Crippen molar-refractivity contribution >= 4 is 29.4 Å². The number of carbonyl (C=O) groups excluding carboxylic acids is 4. The van der Waals surface area contributed by atoms with Crippen molar-refractivity contribution in [3.8, 4) is 0 Å². The lowest BCUT2D eigenvalue weighted by atomic mass is 10.1. The molecule has 1 N–H and O–H groups in total. The Balaban J connectivity index is 2.13. The minimum atomic E-state index is -0.986. The molecule has 1 aliphatic heterocycles. The third-order valence-corrected chi connectivity index (χ3v) is 3.49. The number of nitrogens with one attached hydrogen (secondary N) is 1. The van der Waals surface area contributed by atoms with Gasteiger partial charge in [-0.05, 0) is 31.9 Å². The van der Waals surface area contributed by atoms with E-state index in [4.69, 9.17) is 0 Å². The fourth-order valence-corrected chi connectivity index (χ4v) is 2.45. The molecule has 1 aliphatic rings. The van der Waals surface area contributed by atoms with Crippen LogP contribution >= 0.6 is 0 Å². The first-order chi connectivity index (χ1) is 10.2. The van der Waals surface area contributed by atoms with E-state index in [-0.39, 0.29) is 0 Å². The number of rotatable bonds is 3. The third kappa shape index (κ3) is 2.69. The molecule has 1 aromatic carbocycles. The molecule has 1 heterocycles. The highest BCUT2D eigenvalue weighted by atomic mass is 16.2. The first kappa shape index (κ1) is 15.7. The van der Waals surface area contributed by atoms with Gasteiger partial charge in [-0.25, -0.2) is 9.69 Å². The normalized spacial score (nSPS) is 14.8. The molecule has 0 unspecified atom stereocenters. The number of benzene rings is 1. The van der Waals surface area contributed by atoms with Gasteiger partial charge >= 0.3 is 17.8 Å². The zero-order valence-electron chi connectivity index (χ0n) is 12.9. The molecular weight excluding hydrogens is 286 g/mol. The highest BCUT2D eigenvalue weighted by Gasteiger charge is 2.43. The van der Waals surface area contributed by atoms with Crippen LogP contribution in [0.5, 0.6) is 0 Å². The zero-order valence-corrected chi connectivity index (χ0v) is 12.9. The fourth-order valence-electron chi connectivity index (χ4n) is 2.45. The summed E-state index contributed by atoms with van der Waals surface area (Å²) >= 11 is 0. The van der Waals surface area contributed by atoms with E-state index < -0.39 is 30.3 Å². The van der Waals surface area contributed by atoms with Gasteiger partial charge in [-0.2, -0.15) is 0 Å². The molecule has 116 valence electrons. The SMILES string of the molecule is Cc1cc(C)c(NC(=O)CN2C(=O)C(=O)N(C)C2=O)c(C)c1. The summed E-state index contributed by atoms with van der Waals surface area (Å²) in [6, 6.07) is 3.06. The van der Waals surface area contributed by atoms with E-state index in [1.165, 1.54) is 7.05 Å². The molecule has 0 radical (unpaired) electrons. The predicted molar refractivity (Wildman–Crippen MR) is 79.2 cm³/mol. The zero-order chi connectivity index (χ0) is 16.6. The van der Waals surface area contributed by atoms with Gasteiger partial charge in [-0.1, -0.05) is 17.7 Å². The summed E-state index contributed by atoms with van der Waals surface area (Å²) in [6.07, 6.45) is 0. The lowest BCUT2D eigenvalue weighted by molar-refractivity contribution is -0.143. The van der Waals surface area contributed by atoms with Crippen molar-refractivity contribution in [2.75, 3.05) is 18.9 Å². The van der Waals surface area contributed by atoms with Crippen molar-refractivity contribution in [2.24, 2.45) is 0 Å². The number of hydrogen-bond acceptors (Lipinski definition) is 4. The van der Waals surface area contributed by atoms with E-state index in [1.807, 2.05) is 32.9 Å². The van der Waals surface area contributed by atoms with Crippen LogP contribution < -0.4 is 5.32 Å². The van der Waals surface area contributed by atoms with E-state index in [2.05, 4.69) is 5.32 Å². The Bertz CT molecular complexity index is 673. The maximum Gasteiger partial charge on any atom is 0.334 e. The molecule has 5 amide bonds. The third-order valence-electron chi connectivity index (χ3n) is 3.49. The molecule has 2 rings (SSSR count). The molecule has 1 fully saturated rings. The number of imide groups is 2. The van der Waals surface area contributed by atoms with Gasteiger partial charge in [0.25, 0.3) is 0 Å². The van der Waals surface area contributed by atoms with E-state index in [0.717, 1.165) is 16.7 Å². The van der Waals surface area contributed by atoms with Crippen LogP contribution in [0.3, 0.4) is 0 Å². The van der Waals surface area contributed by atoms with Gasteiger partial charge in [0, 0.05) is 12.7 Å². The summed E-state index contributed by atoms with van der Waals surface area (Å²) in [7, 11) is 1.20. The quantitative estimate of drug-likeness (QED) is 0.666. The Morgan fingerprint density at radius 1 is 1.05 bits per heavy atom. The molecule has 0 saturated carbocycles. The lowest BCUT2D eigenvalue weighted by Crippen LogP contribution is -2.38. The van der Waals surface area contributed by atoms with E-state index >= 15 is 0 Å². The van der Waals surface area contributed by atoms with Gasteiger partial charge in [0.2, 0.25) is 5.91 Å². The summed E-state index contributed by atoms with van der Waals surface area (Å²) in [5, 5.41) is 2.69. The summed E-state index contributed by atoms with van der Waals surface area (Å²) in [5.74, 6) is -2.44. The largest absolute Gasteiger partial charge is 0.334 e. The van der Waals surface area contributed by atoms with Crippen LogP contribution in [-0.2, 0) is 14.4 Å². The molecule has 22 heavy (non-hydrogen) atoms. The van der Waals surface area contributed by atoms with Crippen LogP contribution in [0.25, 0.3) is 0 Å². The standard InChI is InChI=1S/C15H17N3O4/c1-8-5-9(2)12(10(3)6-8)16-11(19)7-18-14(21)13(20)17(4)15(18)22/h5-6H,7H2,1-4H3,(H,16,19). The van der Waals surface area contributed by atoms with E-state index in [1.54, 1.807) is 0 Å². The topological polar surface area (TPSA) is 86.8 Å². The molecule has 0 aliphatic carbocycles. The lowest BCUT2D eigenvalue weighted by Gasteiger charge is -2.15. The number of likely N-dealkylation sites (N-methyl/N-ethyl adjacent to an activating group) is 1. The smallest absolute Gasteiger partial charge is 0.324 e. The van der Waals surface area contributed by atoms with Gasteiger partial charge in [0.05, 0.1) is 0 Å².